The van der Waals surface area contributed by atoms with Crippen LogP contribution in [0.2, 0.25) is 0 Å². The number of alkyl halides is 8. The van der Waals surface area contributed by atoms with Gasteiger partial charge in [0.1, 0.15) is 30.1 Å². The summed E-state index contributed by atoms with van der Waals surface area (Å²) in [4.78, 5) is 16.6. The molecule has 0 aliphatic heterocycles. The molecule has 6 nitrogen and oxygen atoms in total. The molecule has 170 valence electrons. The molecule has 17 heteroatoms. The fourth-order valence-corrected chi connectivity index (χ4v) is 3.37. The lowest BCUT2D eigenvalue weighted by Crippen LogP contribution is -2.40. The van der Waals surface area contributed by atoms with Gasteiger partial charge in [-0.15, -0.1) is 0 Å². The van der Waals surface area contributed by atoms with E-state index in [2.05, 4.69) is 10.1 Å². The van der Waals surface area contributed by atoms with Gasteiger partial charge in [-0.25, -0.2) is 4.98 Å². The Morgan fingerprint density at radius 1 is 1.00 bits per heavy atom. The molecule has 0 N–H and O–H groups in total. The van der Waals surface area contributed by atoms with Crippen LogP contribution in [-0.2, 0) is 18.0 Å². The van der Waals surface area contributed by atoms with Crippen molar-refractivity contribution in [3.05, 3.63) is 40.3 Å². The van der Waals surface area contributed by atoms with Crippen molar-refractivity contribution >= 4 is 29.3 Å². The number of rotatable bonds is 4. The lowest BCUT2D eigenvalue weighted by Gasteiger charge is -2.24. The Labute approximate surface area is 177 Å². The highest BCUT2D eigenvalue weighted by molar-refractivity contribution is 6.56. The average Bonchev–Trinajstić information content (AvgIpc) is 3.15. The number of hydrogen-bond acceptors (Lipinski definition) is 3. The van der Waals surface area contributed by atoms with Gasteiger partial charge in [0.15, 0.2) is 5.69 Å². The summed E-state index contributed by atoms with van der Waals surface area (Å²) < 4.78 is 108. The van der Waals surface area contributed by atoms with Crippen molar-refractivity contribution < 1.29 is 35.1 Å². The van der Waals surface area contributed by atoms with E-state index >= 15 is 0 Å². The Balaban J connectivity index is 2.25. The summed E-state index contributed by atoms with van der Waals surface area (Å²) in [5.41, 5.74) is -3.96. The molecular weight excluding hydrogens is 451 g/mol. The lowest BCUT2D eigenvalue weighted by atomic mass is 9.49. The van der Waals surface area contributed by atoms with Crippen molar-refractivity contribution in [3.63, 3.8) is 0 Å². The molecule has 3 heterocycles. The molecule has 0 radical (unpaired) electrons. The van der Waals surface area contributed by atoms with E-state index < -0.39 is 52.4 Å². The Hall–Kier alpha value is -2.74. The monoisotopic (exact) mass is 465 g/mol. The van der Waals surface area contributed by atoms with Gasteiger partial charge in [-0.3, -0.25) is 13.9 Å². The van der Waals surface area contributed by atoms with Gasteiger partial charge in [0.25, 0.3) is 5.56 Å². The van der Waals surface area contributed by atoms with Crippen molar-refractivity contribution in [2.45, 2.75) is 37.0 Å². The largest absolute Gasteiger partial charge is 0.455 e. The van der Waals surface area contributed by atoms with Crippen LogP contribution < -0.4 is 5.56 Å². The molecule has 3 rings (SSSR count). The second-order valence-corrected chi connectivity index (χ2v) is 8.21. The number of fused-ring (bicyclic) bond motifs is 1. The van der Waals surface area contributed by atoms with Crippen molar-refractivity contribution in [2.75, 3.05) is 0 Å². The van der Waals surface area contributed by atoms with E-state index in [1.165, 1.54) is 10.8 Å². The zero-order chi connectivity index (χ0) is 24.4. The highest BCUT2D eigenvalue weighted by Crippen LogP contribution is 2.38. The summed E-state index contributed by atoms with van der Waals surface area (Å²) >= 11 is 0. The Morgan fingerprint density at radius 3 is 2.09 bits per heavy atom. The van der Waals surface area contributed by atoms with Gasteiger partial charge < -0.3 is 4.57 Å². The summed E-state index contributed by atoms with van der Waals surface area (Å²) in [5, 5.41) is 2.55. The highest BCUT2D eigenvalue weighted by Gasteiger charge is 2.57. The molecular formula is C15H14B3F8N5O. The maximum Gasteiger partial charge on any atom is 0.455 e. The molecule has 0 spiro atoms. The van der Waals surface area contributed by atoms with Crippen LogP contribution >= 0.6 is 0 Å². The first kappa shape index (κ1) is 23.9. The van der Waals surface area contributed by atoms with Gasteiger partial charge in [-0.05, 0) is 12.2 Å². The zero-order valence-corrected chi connectivity index (χ0v) is 17.1. The standard InChI is InChI=1S/C15H14B3F8N5O/c1-6-3-30-10(32)8(7-2-27-29(4-7)5-12(19,20)14(24,25)26)9(13(21,22)23)28-11(30)31(6)15(16,17)18/h2-4H,5,16-18H2,1H3. The average molecular weight is 465 g/mol. The van der Waals surface area contributed by atoms with Crippen molar-refractivity contribution in [3.8, 4) is 11.1 Å². The first-order chi connectivity index (χ1) is 14.3. The Morgan fingerprint density at radius 2 is 1.59 bits per heavy atom. The number of aromatic nitrogens is 5. The van der Waals surface area contributed by atoms with Crippen LogP contribution in [0.3, 0.4) is 0 Å². The SMILES string of the molecule is BC(B)(B)n1c(C)cn2c(=O)c(-c3cnn(CC(F)(F)C(F)(F)F)c3)c(C(F)(F)F)nc12. The minimum atomic E-state index is -5.89. The normalized spacial score (nSPS) is 13.8. The molecule has 0 atom stereocenters. The number of aryl methyl sites for hydroxylation is 1. The van der Waals surface area contributed by atoms with Gasteiger partial charge in [-0.1, -0.05) is 0 Å². The highest BCUT2D eigenvalue weighted by atomic mass is 19.4. The minimum absolute atomic E-state index is 0.128. The topological polar surface area (TPSA) is 57.1 Å². The van der Waals surface area contributed by atoms with Gasteiger partial charge in [0, 0.05) is 23.7 Å². The molecule has 0 aliphatic rings. The Bertz CT molecular complexity index is 1240. The summed E-state index contributed by atoms with van der Waals surface area (Å²) in [5.74, 6) is -5.48. The van der Waals surface area contributed by atoms with E-state index in [1.54, 1.807) is 30.5 Å². The predicted molar refractivity (Wildman–Crippen MR) is 105 cm³/mol. The predicted octanol–water partition coefficient (Wildman–Crippen LogP) is 0.351. The fourth-order valence-electron chi connectivity index (χ4n) is 3.37. The summed E-state index contributed by atoms with van der Waals surface area (Å²) in [6, 6.07) is 0. The van der Waals surface area contributed by atoms with Crippen LogP contribution in [0.15, 0.2) is 23.4 Å². The maximum absolute atomic E-state index is 13.8. The molecule has 3 aromatic rings. The van der Waals surface area contributed by atoms with Gasteiger partial charge in [-0.2, -0.15) is 40.2 Å². The number of imidazole rings is 1. The summed E-state index contributed by atoms with van der Waals surface area (Å²) in [6.07, 6.45) is -8.61. The third-order valence-corrected chi connectivity index (χ3v) is 4.60. The van der Waals surface area contributed by atoms with Gasteiger partial charge in [0.2, 0.25) is 5.78 Å². The van der Waals surface area contributed by atoms with Crippen LogP contribution in [0.5, 0.6) is 0 Å². The third-order valence-electron chi connectivity index (χ3n) is 4.60. The van der Waals surface area contributed by atoms with Gasteiger partial charge >= 0.3 is 18.3 Å². The van der Waals surface area contributed by atoms with Crippen LogP contribution in [0.4, 0.5) is 35.1 Å². The first-order valence-electron chi connectivity index (χ1n) is 9.04. The van der Waals surface area contributed by atoms with E-state index in [-0.39, 0.29) is 10.5 Å². The van der Waals surface area contributed by atoms with Crippen molar-refractivity contribution in [1.82, 2.24) is 23.7 Å². The molecule has 0 aromatic carbocycles. The molecule has 0 saturated carbocycles. The molecule has 0 amide bonds. The van der Waals surface area contributed by atoms with Crippen LogP contribution in [0.1, 0.15) is 11.4 Å². The lowest BCUT2D eigenvalue weighted by molar-refractivity contribution is -0.287. The van der Waals surface area contributed by atoms with Crippen LogP contribution in [-0.4, -0.2) is 59.4 Å². The summed E-state index contributed by atoms with van der Waals surface area (Å²) in [6.45, 7) is -0.405. The zero-order valence-electron chi connectivity index (χ0n) is 17.1. The fraction of sp³-hybridized carbons (Fsp3) is 0.400. The number of halogens is 8. The van der Waals surface area contributed by atoms with E-state index in [0.29, 0.717) is 18.1 Å². The van der Waals surface area contributed by atoms with E-state index in [1.807, 2.05) is 0 Å². The molecule has 3 aromatic heterocycles. The van der Waals surface area contributed by atoms with Crippen molar-refractivity contribution in [2.24, 2.45) is 0 Å². The second kappa shape index (κ2) is 7.14. The maximum atomic E-state index is 13.8. The molecule has 0 saturated heterocycles. The molecule has 0 fully saturated rings. The molecule has 32 heavy (non-hydrogen) atoms. The molecule has 0 unspecified atom stereocenters. The first-order valence-corrected chi connectivity index (χ1v) is 9.04. The quantitative estimate of drug-likeness (QED) is 0.414. The smallest absolute Gasteiger partial charge is 0.332 e. The summed E-state index contributed by atoms with van der Waals surface area (Å²) in [7, 11) is 5.08. The number of nitrogens with zero attached hydrogens (tertiary/aromatic N) is 5. The Kier molecular flexibility index (Phi) is 5.33. The second-order valence-electron chi connectivity index (χ2n) is 8.21. The van der Waals surface area contributed by atoms with Crippen LogP contribution in [0.25, 0.3) is 16.9 Å². The van der Waals surface area contributed by atoms with E-state index in [9.17, 15) is 39.9 Å². The third kappa shape index (κ3) is 4.04. The molecule has 0 bridgehead atoms. The van der Waals surface area contributed by atoms with E-state index in [0.717, 1.165) is 4.40 Å². The minimum Gasteiger partial charge on any atom is -0.332 e. The van der Waals surface area contributed by atoms with Crippen molar-refractivity contribution in [1.29, 1.82) is 0 Å². The van der Waals surface area contributed by atoms with Gasteiger partial charge in [0.05, 0.1) is 11.8 Å². The number of hydrogen-bond donors (Lipinski definition) is 0. The van der Waals surface area contributed by atoms with Crippen LogP contribution in [0, 0.1) is 6.92 Å². The molecule has 0 aliphatic carbocycles. The van der Waals surface area contributed by atoms with E-state index in [4.69, 9.17) is 0 Å².